The number of halogens is 1. The molecule has 5 rings (SSSR count). The second kappa shape index (κ2) is 12.2. The molecule has 10 heteroatoms. The van der Waals surface area contributed by atoms with Gasteiger partial charge in [0.2, 0.25) is 0 Å². The number of ether oxygens (including phenoxy) is 3. The Labute approximate surface area is 235 Å². The number of carbonyl (C=O) groups is 1. The van der Waals surface area contributed by atoms with Crippen LogP contribution in [0.4, 0.5) is 10.5 Å². The summed E-state index contributed by atoms with van der Waals surface area (Å²) in [6.45, 7) is 2.79. The fourth-order valence-electron chi connectivity index (χ4n) is 4.70. The first-order chi connectivity index (χ1) is 18.9. The van der Waals surface area contributed by atoms with E-state index < -0.39 is 23.1 Å². The number of nitrogens with zero attached hydrogens (tertiary/aromatic N) is 2. The zero-order valence-corrected chi connectivity index (χ0v) is 23.1. The number of nitrogen functional groups attached to an aromatic ring is 1. The van der Waals surface area contributed by atoms with Crippen molar-refractivity contribution >= 4 is 39.9 Å². The fraction of sp³-hybridized carbons (Fsp3) is 0.276. The van der Waals surface area contributed by atoms with E-state index >= 15 is 0 Å². The Morgan fingerprint density at radius 3 is 2.38 bits per heavy atom. The van der Waals surface area contributed by atoms with Gasteiger partial charge in [-0.05, 0) is 72.2 Å². The minimum absolute atomic E-state index is 0.416. The zero-order valence-electron chi connectivity index (χ0n) is 21.5. The predicted molar refractivity (Wildman–Crippen MR) is 152 cm³/mol. The lowest BCUT2D eigenvalue weighted by Crippen LogP contribution is -2.39. The molecule has 2 N–H and O–H groups in total. The van der Waals surface area contributed by atoms with Crippen molar-refractivity contribution in [3.63, 3.8) is 0 Å². The summed E-state index contributed by atoms with van der Waals surface area (Å²) < 4.78 is 31.3. The average molecular weight is 568 g/mol. The van der Waals surface area contributed by atoms with Gasteiger partial charge in [0.25, 0.3) is 0 Å². The molecule has 1 amide bonds. The molecule has 0 radical (unpaired) electrons. The van der Waals surface area contributed by atoms with Crippen molar-refractivity contribution in [3.8, 4) is 11.5 Å². The standard InChI is InChI=1S/C29H30ClN3O5S/c1-36-23-5-7-24(8-6-23)38-29(34)33-13-12-21(26-19-22(30)4-11-27(26)31)18-28(33)20-2-9-25(10-3-20)39(35)32-14-16-37-17-15-32/h2-11,18-19,28H,12-17,31H2,1H3. The molecule has 1 saturated heterocycles. The molecule has 39 heavy (non-hydrogen) atoms. The highest BCUT2D eigenvalue weighted by atomic mass is 35.5. The predicted octanol–water partition coefficient (Wildman–Crippen LogP) is 5.32. The van der Waals surface area contributed by atoms with Crippen LogP contribution in [0.25, 0.3) is 5.57 Å². The smallest absolute Gasteiger partial charge is 0.416 e. The number of nitrogens with two attached hydrogens (primary N) is 1. The molecule has 2 heterocycles. The van der Waals surface area contributed by atoms with Gasteiger partial charge in [0.05, 0.1) is 31.3 Å². The molecule has 1 fully saturated rings. The Morgan fingerprint density at radius 2 is 1.69 bits per heavy atom. The number of carbonyl (C=O) groups excluding carboxylic acids is 1. The van der Waals surface area contributed by atoms with E-state index in [9.17, 15) is 9.00 Å². The van der Waals surface area contributed by atoms with Crippen molar-refractivity contribution in [2.75, 3.05) is 45.7 Å². The molecule has 2 aliphatic rings. The van der Waals surface area contributed by atoms with Gasteiger partial charge >= 0.3 is 6.09 Å². The van der Waals surface area contributed by atoms with Gasteiger partial charge in [0, 0.05) is 35.9 Å². The highest BCUT2D eigenvalue weighted by Gasteiger charge is 2.30. The molecule has 8 nitrogen and oxygen atoms in total. The summed E-state index contributed by atoms with van der Waals surface area (Å²) in [5.74, 6) is 1.09. The normalized spacial score (nSPS) is 18.8. The Hall–Kier alpha value is -3.37. The van der Waals surface area contributed by atoms with Crippen LogP contribution in [0.15, 0.2) is 77.7 Å². The largest absolute Gasteiger partial charge is 0.497 e. The Morgan fingerprint density at radius 1 is 1.00 bits per heavy atom. The minimum atomic E-state index is -1.28. The summed E-state index contributed by atoms with van der Waals surface area (Å²) in [7, 11) is 0.300. The van der Waals surface area contributed by atoms with Gasteiger partial charge in [0.1, 0.15) is 22.5 Å². The van der Waals surface area contributed by atoms with E-state index in [0.717, 1.165) is 16.7 Å². The molecule has 0 aliphatic carbocycles. The van der Waals surface area contributed by atoms with E-state index in [1.165, 1.54) is 0 Å². The highest BCUT2D eigenvalue weighted by molar-refractivity contribution is 7.82. The number of anilines is 1. The first-order valence-corrected chi connectivity index (χ1v) is 14.1. The quantitative estimate of drug-likeness (QED) is 0.405. The number of benzene rings is 3. The second-order valence-electron chi connectivity index (χ2n) is 9.21. The van der Waals surface area contributed by atoms with Crippen molar-refractivity contribution < 1.29 is 23.2 Å². The maximum atomic E-state index is 13.4. The lowest BCUT2D eigenvalue weighted by Gasteiger charge is -2.34. The van der Waals surface area contributed by atoms with Gasteiger partial charge in [0.15, 0.2) is 0 Å². The maximum absolute atomic E-state index is 13.4. The van der Waals surface area contributed by atoms with Crippen LogP contribution in [0.3, 0.4) is 0 Å². The summed E-state index contributed by atoms with van der Waals surface area (Å²) in [5.41, 5.74) is 9.61. The molecule has 0 spiro atoms. The van der Waals surface area contributed by atoms with E-state index in [4.69, 9.17) is 31.5 Å². The van der Waals surface area contributed by atoms with Crippen molar-refractivity contribution in [1.29, 1.82) is 0 Å². The van der Waals surface area contributed by atoms with Gasteiger partial charge in [-0.15, -0.1) is 0 Å². The summed E-state index contributed by atoms with van der Waals surface area (Å²) in [5, 5.41) is 0.591. The third-order valence-electron chi connectivity index (χ3n) is 6.81. The van der Waals surface area contributed by atoms with Crippen LogP contribution in [-0.2, 0) is 15.7 Å². The SMILES string of the molecule is COc1ccc(OC(=O)N2CCC(c3cc(Cl)ccc3N)=CC2c2ccc(S(=O)N3CCOCC3)cc2)cc1. The third kappa shape index (κ3) is 6.28. The third-order valence-corrected chi connectivity index (χ3v) is 8.55. The van der Waals surface area contributed by atoms with Gasteiger partial charge < -0.3 is 19.9 Å². The van der Waals surface area contributed by atoms with Crippen LogP contribution in [-0.4, -0.2) is 59.5 Å². The van der Waals surface area contributed by atoms with E-state index in [1.807, 2.05) is 40.7 Å². The van der Waals surface area contributed by atoms with E-state index in [-0.39, 0.29) is 0 Å². The summed E-state index contributed by atoms with van der Waals surface area (Å²) in [6, 6.07) is 19.3. The van der Waals surface area contributed by atoms with Crippen molar-refractivity contribution in [1.82, 2.24) is 9.21 Å². The molecular formula is C29H30ClN3O5S. The Kier molecular flexibility index (Phi) is 8.52. The number of hydrogen-bond donors (Lipinski definition) is 1. The molecule has 2 aliphatic heterocycles. The lowest BCUT2D eigenvalue weighted by molar-refractivity contribution is 0.0752. The molecular weight excluding hydrogens is 538 g/mol. The minimum Gasteiger partial charge on any atom is -0.497 e. The number of amides is 1. The van der Waals surface area contributed by atoms with Gasteiger partial charge in [-0.1, -0.05) is 29.8 Å². The number of morpholine rings is 1. The van der Waals surface area contributed by atoms with E-state index in [0.29, 0.717) is 66.4 Å². The Bertz CT molecular complexity index is 1370. The van der Waals surface area contributed by atoms with Crippen molar-refractivity contribution in [3.05, 3.63) is 89.0 Å². The molecule has 2 atom stereocenters. The second-order valence-corrected chi connectivity index (χ2v) is 11.1. The number of hydrogen-bond acceptors (Lipinski definition) is 6. The first-order valence-electron chi connectivity index (χ1n) is 12.7. The van der Waals surface area contributed by atoms with Crippen LogP contribution in [0, 0.1) is 0 Å². The molecule has 2 unspecified atom stereocenters. The van der Waals surface area contributed by atoms with E-state index in [1.54, 1.807) is 48.4 Å². The summed E-state index contributed by atoms with van der Waals surface area (Å²) in [4.78, 5) is 15.8. The fourth-order valence-corrected chi connectivity index (χ4v) is 6.02. The van der Waals surface area contributed by atoms with Crippen molar-refractivity contribution in [2.24, 2.45) is 0 Å². The average Bonchev–Trinajstić information content (AvgIpc) is 2.98. The van der Waals surface area contributed by atoms with E-state index in [2.05, 4.69) is 0 Å². The first kappa shape index (κ1) is 27.2. The van der Waals surface area contributed by atoms with Crippen LogP contribution in [0.5, 0.6) is 11.5 Å². The lowest BCUT2D eigenvalue weighted by atomic mass is 9.92. The molecule has 0 aromatic heterocycles. The van der Waals surface area contributed by atoms with Crippen LogP contribution in [0.1, 0.15) is 23.6 Å². The summed E-state index contributed by atoms with van der Waals surface area (Å²) >= 11 is 6.27. The Balaban J connectivity index is 1.44. The number of rotatable bonds is 6. The topological polar surface area (TPSA) is 94.3 Å². The van der Waals surface area contributed by atoms with Crippen LogP contribution < -0.4 is 15.2 Å². The molecule has 3 aromatic rings. The van der Waals surface area contributed by atoms with Crippen LogP contribution in [0.2, 0.25) is 5.02 Å². The monoisotopic (exact) mass is 567 g/mol. The molecule has 0 saturated carbocycles. The maximum Gasteiger partial charge on any atom is 0.416 e. The van der Waals surface area contributed by atoms with Gasteiger partial charge in [-0.2, -0.15) is 0 Å². The molecule has 0 bridgehead atoms. The summed E-state index contributed by atoms with van der Waals surface area (Å²) in [6.07, 6.45) is 2.13. The van der Waals surface area contributed by atoms with Gasteiger partial charge in [-0.25, -0.2) is 13.3 Å². The van der Waals surface area contributed by atoms with Crippen LogP contribution >= 0.6 is 11.6 Å². The number of methoxy groups -OCH3 is 1. The molecule has 3 aromatic carbocycles. The van der Waals surface area contributed by atoms with Gasteiger partial charge in [-0.3, -0.25) is 4.90 Å². The highest BCUT2D eigenvalue weighted by Crippen LogP contribution is 2.37. The van der Waals surface area contributed by atoms with Crippen molar-refractivity contribution in [2.45, 2.75) is 17.4 Å². The molecule has 204 valence electrons. The zero-order chi connectivity index (χ0) is 27.4.